The zero-order valence-electron chi connectivity index (χ0n) is 24.7. The van der Waals surface area contributed by atoms with E-state index in [4.69, 9.17) is 5.11 Å². The van der Waals surface area contributed by atoms with Gasteiger partial charge in [-0.05, 0) is 92.6 Å². The first-order chi connectivity index (χ1) is 18.3. The SMILES string of the molecule is CCCCCC1=C(C)CCC1=O.CCCCCC1=C(CF)CCC1=O.CCCCCC1=C(CO)CCC1=O. The highest BCUT2D eigenvalue weighted by atomic mass is 19.1. The fourth-order valence-corrected chi connectivity index (χ4v) is 5.33. The van der Waals surface area contributed by atoms with Crippen molar-refractivity contribution in [2.24, 2.45) is 0 Å². The van der Waals surface area contributed by atoms with Gasteiger partial charge in [0, 0.05) is 19.3 Å². The average molecular weight is 533 g/mol. The largest absolute Gasteiger partial charge is 0.392 e. The fraction of sp³-hybridized carbons (Fsp3) is 0.727. The van der Waals surface area contributed by atoms with E-state index in [1.54, 1.807) is 0 Å². The second-order valence-electron chi connectivity index (χ2n) is 10.9. The Hall–Kier alpha value is -1.88. The van der Waals surface area contributed by atoms with E-state index in [0.717, 1.165) is 92.1 Å². The summed E-state index contributed by atoms with van der Waals surface area (Å²) in [5.74, 6) is 0.854. The smallest absolute Gasteiger partial charge is 0.159 e. The Kier molecular flexibility index (Phi) is 18.0. The molecular weight excluding hydrogens is 479 g/mol. The van der Waals surface area contributed by atoms with Gasteiger partial charge in [-0.15, -0.1) is 0 Å². The first-order valence-corrected chi connectivity index (χ1v) is 15.2. The van der Waals surface area contributed by atoms with Gasteiger partial charge in [0.05, 0.1) is 6.61 Å². The van der Waals surface area contributed by atoms with Crippen LogP contribution in [0, 0.1) is 0 Å². The number of aliphatic hydroxyl groups excluding tert-OH is 1. The molecule has 3 aliphatic rings. The third kappa shape index (κ3) is 11.9. The normalized spacial score (nSPS) is 17.4. The highest BCUT2D eigenvalue weighted by Crippen LogP contribution is 2.28. The third-order valence-corrected chi connectivity index (χ3v) is 7.86. The number of carbonyl (C=O) groups excluding carboxylic acids is 3. The Morgan fingerprint density at radius 2 is 0.974 bits per heavy atom. The number of rotatable bonds is 14. The van der Waals surface area contributed by atoms with E-state index >= 15 is 0 Å². The van der Waals surface area contributed by atoms with Crippen LogP contribution in [-0.4, -0.2) is 35.7 Å². The van der Waals surface area contributed by atoms with Gasteiger partial charge in [0.1, 0.15) is 6.67 Å². The fourth-order valence-electron chi connectivity index (χ4n) is 5.33. The lowest BCUT2D eigenvalue weighted by Gasteiger charge is -2.02. The lowest BCUT2D eigenvalue weighted by Crippen LogP contribution is -1.98. The van der Waals surface area contributed by atoms with Gasteiger partial charge in [-0.25, -0.2) is 4.39 Å². The number of alkyl halides is 1. The van der Waals surface area contributed by atoms with Gasteiger partial charge >= 0.3 is 0 Å². The minimum absolute atomic E-state index is 0.0766. The average Bonchev–Trinajstić information content (AvgIpc) is 3.57. The van der Waals surface area contributed by atoms with Crippen LogP contribution in [-0.2, 0) is 14.4 Å². The van der Waals surface area contributed by atoms with Crippen molar-refractivity contribution in [2.75, 3.05) is 13.3 Å². The summed E-state index contributed by atoms with van der Waals surface area (Å²) in [4.78, 5) is 34.0. The number of unbranched alkanes of at least 4 members (excludes halogenated alkanes) is 6. The van der Waals surface area contributed by atoms with E-state index < -0.39 is 6.67 Å². The molecule has 0 radical (unpaired) electrons. The first kappa shape index (κ1) is 34.1. The molecule has 0 aromatic heterocycles. The first-order valence-electron chi connectivity index (χ1n) is 15.2. The number of hydrogen-bond acceptors (Lipinski definition) is 4. The van der Waals surface area contributed by atoms with E-state index in [1.807, 2.05) is 0 Å². The number of halogens is 1. The zero-order valence-corrected chi connectivity index (χ0v) is 24.7. The molecule has 0 saturated heterocycles. The Balaban J connectivity index is 0.000000285. The topological polar surface area (TPSA) is 71.4 Å². The monoisotopic (exact) mass is 532 g/mol. The lowest BCUT2D eigenvalue weighted by atomic mass is 10.0. The van der Waals surface area contributed by atoms with Crippen LogP contribution in [0.1, 0.15) is 143 Å². The molecule has 0 bridgehead atoms. The van der Waals surface area contributed by atoms with Crippen LogP contribution >= 0.6 is 0 Å². The van der Waals surface area contributed by atoms with Gasteiger partial charge in [-0.1, -0.05) is 64.9 Å². The molecule has 3 aliphatic carbocycles. The molecular formula is C33H53FO4. The molecule has 3 rings (SSSR count). The Bertz CT molecular complexity index is 814. The maximum Gasteiger partial charge on any atom is 0.159 e. The predicted molar refractivity (Wildman–Crippen MR) is 155 cm³/mol. The van der Waals surface area contributed by atoms with E-state index in [1.165, 1.54) is 37.7 Å². The molecule has 216 valence electrons. The summed E-state index contributed by atoms with van der Waals surface area (Å²) >= 11 is 0. The highest BCUT2D eigenvalue weighted by Gasteiger charge is 2.22. The molecule has 1 N–H and O–H groups in total. The molecule has 0 unspecified atom stereocenters. The summed E-state index contributed by atoms with van der Waals surface area (Å²) in [7, 11) is 0. The summed E-state index contributed by atoms with van der Waals surface area (Å²) < 4.78 is 12.4. The van der Waals surface area contributed by atoms with Gasteiger partial charge in [0.2, 0.25) is 0 Å². The highest BCUT2D eigenvalue weighted by molar-refractivity contribution is 5.99. The van der Waals surface area contributed by atoms with Crippen LogP contribution in [0.2, 0.25) is 0 Å². The van der Waals surface area contributed by atoms with Crippen molar-refractivity contribution in [1.29, 1.82) is 0 Å². The number of carbonyl (C=O) groups is 3. The number of hydrogen-bond donors (Lipinski definition) is 1. The maximum absolute atomic E-state index is 12.4. The quantitative estimate of drug-likeness (QED) is 0.227. The maximum atomic E-state index is 12.4. The lowest BCUT2D eigenvalue weighted by molar-refractivity contribution is -0.115. The van der Waals surface area contributed by atoms with Crippen molar-refractivity contribution in [1.82, 2.24) is 0 Å². The van der Waals surface area contributed by atoms with Gasteiger partial charge in [0.25, 0.3) is 0 Å². The standard InChI is InChI=1S/C11H17FO.C11H18O2.C11H18O/c2*1-2-3-4-5-10-9(8-12)6-7-11(10)13;1-3-4-5-6-10-9(2)7-8-11(10)12/h2-8H2,1H3;12H,2-8H2,1H3;3-8H2,1-2H3. The molecule has 4 nitrogen and oxygen atoms in total. The van der Waals surface area contributed by atoms with Gasteiger partial charge in [-0.3, -0.25) is 14.4 Å². The summed E-state index contributed by atoms with van der Waals surface area (Å²) in [5, 5.41) is 9.00. The molecule has 0 atom stereocenters. The Morgan fingerprint density at radius 1 is 0.579 bits per heavy atom. The van der Waals surface area contributed by atoms with E-state index in [2.05, 4.69) is 27.7 Å². The Morgan fingerprint density at radius 3 is 1.37 bits per heavy atom. The van der Waals surface area contributed by atoms with Crippen molar-refractivity contribution in [3.63, 3.8) is 0 Å². The molecule has 0 heterocycles. The van der Waals surface area contributed by atoms with Crippen LogP contribution in [0.5, 0.6) is 0 Å². The van der Waals surface area contributed by atoms with Crippen molar-refractivity contribution in [3.05, 3.63) is 33.4 Å². The van der Waals surface area contributed by atoms with Crippen molar-refractivity contribution in [2.45, 2.75) is 143 Å². The molecule has 38 heavy (non-hydrogen) atoms. The summed E-state index contributed by atoms with van der Waals surface area (Å²) in [6.07, 6.45) is 17.5. The number of ketones is 3. The molecule has 0 fully saturated rings. The molecule has 0 aromatic rings. The molecule has 5 heteroatoms. The van der Waals surface area contributed by atoms with Gasteiger partial charge in [-0.2, -0.15) is 0 Å². The summed E-state index contributed by atoms with van der Waals surface area (Å²) in [5.41, 5.74) is 5.97. The summed E-state index contributed by atoms with van der Waals surface area (Å²) in [6, 6.07) is 0. The third-order valence-electron chi connectivity index (χ3n) is 7.86. The molecule has 0 spiro atoms. The Labute approximate surface area is 231 Å². The zero-order chi connectivity index (χ0) is 28.3. The number of aliphatic hydroxyl groups is 1. The number of Topliss-reactive ketones (excluding diaryl/α,β-unsaturated/α-hetero) is 3. The molecule has 0 amide bonds. The molecule has 0 saturated carbocycles. The van der Waals surface area contributed by atoms with Gasteiger partial charge in [0.15, 0.2) is 17.3 Å². The van der Waals surface area contributed by atoms with Crippen molar-refractivity contribution < 1.29 is 23.9 Å². The van der Waals surface area contributed by atoms with Crippen LogP contribution < -0.4 is 0 Å². The number of allylic oxidation sites excluding steroid dienone is 5. The molecule has 0 aromatic carbocycles. The van der Waals surface area contributed by atoms with E-state index in [9.17, 15) is 18.8 Å². The molecule has 0 aliphatic heterocycles. The minimum atomic E-state index is -0.423. The van der Waals surface area contributed by atoms with Crippen molar-refractivity contribution in [3.8, 4) is 0 Å². The second kappa shape index (κ2) is 20.1. The van der Waals surface area contributed by atoms with Crippen LogP contribution in [0.4, 0.5) is 4.39 Å². The predicted octanol–water partition coefficient (Wildman–Crippen LogP) is 8.66. The van der Waals surface area contributed by atoms with Crippen LogP contribution in [0.3, 0.4) is 0 Å². The minimum Gasteiger partial charge on any atom is -0.392 e. The van der Waals surface area contributed by atoms with E-state index in [0.29, 0.717) is 25.0 Å². The van der Waals surface area contributed by atoms with E-state index in [-0.39, 0.29) is 18.2 Å². The van der Waals surface area contributed by atoms with Crippen LogP contribution in [0.15, 0.2) is 33.4 Å². The van der Waals surface area contributed by atoms with Crippen molar-refractivity contribution >= 4 is 17.3 Å². The van der Waals surface area contributed by atoms with Gasteiger partial charge < -0.3 is 5.11 Å². The second-order valence-corrected chi connectivity index (χ2v) is 10.9. The summed E-state index contributed by atoms with van der Waals surface area (Å²) in [6.45, 7) is 8.23. The van der Waals surface area contributed by atoms with Crippen LogP contribution in [0.25, 0.3) is 0 Å².